The van der Waals surface area contributed by atoms with Crippen LogP contribution in [0, 0.1) is 0 Å². The number of carbonyl (C=O) groups is 3. The van der Waals surface area contributed by atoms with E-state index in [0.717, 1.165) is 30.7 Å². The van der Waals surface area contributed by atoms with Crippen LogP contribution in [-0.2, 0) is 4.74 Å². The zero-order chi connectivity index (χ0) is 23.1. The summed E-state index contributed by atoms with van der Waals surface area (Å²) in [5.41, 5.74) is 5.55. The number of nitrogens with zero attached hydrogens (tertiary/aromatic N) is 2. The number of hydrazine groups is 1. The minimum absolute atomic E-state index is 0.109. The Balaban J connectivity index is 1.40. The number of benzene rings is 1. The van der Waals surface area contributed by atoms with Crippen molar-refractivity contribution in [3.63, 3.8) is 0 Å². The lowest BCUT2D eigenvalue weighted by Gasteiger charge is -2.24. The third-order valence-electron chi connectivity index (χ3n) is 5.83. The van der Waals surface area contributed by atoms with E-state index in [1.165, 1.54) is 6.07 Å². The monoisotopic (exact) mass is 467 g/mol. The molecule has 11 heteroatoms. The summed E-state index contributed by atoms with van der Waals surface area (Å²) < 4.78 is 5.22. The highest BCUT2D eigenvalue weighted by molar-refractivity contribution is 7.17. The van der Waals surface area contributed by atoms with Gasteiger partial charge in [0.05, 0.1) is 40.0 Å². The highest BCUT2D eigenvalue weighted by Gasteiger charge is 2.36. The van der Waals surface area contributed by atoms with Crippen LogP contribution in [0.5, 0.6) is 0 Å². The van der Waals surface area contributed by atoms with Crippen LogP contribution in [-0.4, -0.2) is 64.4 Å². The topological polar surface area (TPSA) is 137 Å². The molecule has 1 fully saturated rings. The van der Waals surface area contributed by atoms with Crippen LogP contribution >= 0.6 is 11.3 Å². The number of anilines is 1. The van der Waals surface area contributed by atoms with Gasteiger partial charge in [0.15, 0.2) is 5.78 Å². The molecule has 5 rings (SSSR count). The molecule has 170 valence electrons. The van der Waals surface area contributed by atoms with E-state index in [1.54, 1.807) is 31.4 Å². The summed E-state index contributed by atoms with van der Waals surface area (Å²) in [6.07, 6.45) is 1.90. The van der Waals surface area contributed by atoms with E-state index in [2.05, 4.69) is 20.9 Å². The number of carboxylic acid groups (broad SMARTS) is 1. The largest absolute Gasteiger partial charge is 0.477 e. The first-order chi connectivity index (χ1) is 16.0. The average molecular weight is 468 g/mol. The summed E-state index contributed by atoms with van der Waals surface area (Å²) in [5, 5.41) is 21.0. The Bertz CT molecular complexity index is 1270. The number of ketones is 1. The number of nitrogens with one attached hydrogen (secondary N) is 3. The first-order valence-electron chi connectivity index (χ1n) is 10.4. The number of aromatic nitrogens is 2. The number of H-pyrrole nitrogens is 1. The Kier molecular flexibility index (Phi) is 5.44. The number of aromatic carboxylic acids is 1. The molecule has 2 amide bonds. The van der Waals surface area contributed by atoms with Crippen molar-refractivity contribution in [1.29, 1.82) is 0 Å². The SMILES string of the molecule is COC[C@H]1CCCN1NC(=O)Nc1cccc2c1C(=O)c1c-2n[nH]c1-c1ccc(C(=O)O)s1. The number of thiophene rings is 1. The summed E-state index contributed by atoms with van der Waals surface area (Å²) >= 11 is 1.06. The second kappa shape index (κ2) is 8.43. The number of ether oxygens (including phenoxy) is 1. The van der Waals surface area contributed by atoms with Crippen molar-refractivity contribution < 1.29 is 24.2 Å². The molecule has 4 N–H and O–H groups in total. The van der Waals surface area contributed by atoms with Gasteiger partial charge in [-0.15, -0.1) is 11.3 Å². The molecule has 3 heterocycles. The maximum Gasteiger partial charge on any atom is 0.345 e. The van der Waals surface area contributed by atoms with Gasteiger partial charge in [-0.25, -0.2) is 14.6 Å². The molecule has 2 aliphatic rings. The van der Waals surface area contributed by atoms with Gasteiger partial charge in [0.2, 0.25) is 0 Å². The minimum atomic E-state index is -1.03. The van der Waals surface area contributed by atoms with Crippen molar-refractivity contribution in [1.82, 2.24) is 20.6 Å². The fraction of sp³-hybridized carbons (Fsp3) is 0.273. The van der Waals surface area contributed by atoms with E-state index in [1.807, 2.05) is 5.01 Å². The summed E-state index contributed by atoms with van der Waals surface area (Å²) in [7, 11) is 1.63. The first kappa shape index (κ1) is 21.3. The number of amides is 2. The zero-order valence-corrected chi connectivity index (χ0v) is 18.5. The van der Waals surface area contributed by atoms with Gasteiger partial charge in [-0.1, -0.05) is 12.1 Å². The molecule has 1 aliphatic carbocycles. The molecule has 1 aromatic carbocycles. The molecule has 0 saturated carbocycles. The lowest BCUT2D eigenvalue weighted by molar-refractivity contribution is 0.0702. The van der Waals surface area contributed by atoms with Crippen molar-refractivity contribution in [3.05, 3.63) is 46.3 Å². The van der Waals surface area contributed by atoms with Crippen molar-refractivity contribution in [2.24, 2.45) is 0 Å². The predicted octanol–water partition coefficient (Wildman–Crippen LogP) is 3.20. The second-order valence-corrected chi connectivity index (χ2v) is 8.94. The minimum Gasteiger partial charge on any atom is -0.477 e. The number of urea groups is 1. The Morgan fingerprint density at radius 3 is 2.91 bits per heavy atom. The molecule has 10 nitrogen and oxygen atoms in total. The maximum atomic E-state index is 13.4. The van der Waals surface area contributed by atoms with Gasteiger partial charge in [-0.2, -0.15) is 5.10 Å². The van der Waals surface area contributed by atoms with E-state index in [9.17, 15) is 19.5 Å². The van der Waals surface area contributed by atoms with Crippen molar-refractivity contribution in [2.75, 3.05) is 25.6 Å². The third kappa shape index (κ3) is 3.69. The third-order valence-corrected chi connectivity index (χ3v) is 6.92. The number of rotatable bonds is 6. The summed E-state index contributed by atoms with van der Waals surface area (Å²) in [6, 6.07) is 8.02. The van der Waals surface area contributed by atoms with Gasteiger partial charge in [0.25, 0.3) is 0 Å². The lowest BCUT2D eigenvalue weighted by atomic mass is 10.1. The fourth-order valence-corrected chi connectivity index (χ4v) is 5.22. The van der Waals surface area contributed by atoms with Crippen LogP contribution in [0.25, 0.3) is 21.8 Å². The molecule has 2 aromatic heterocycles. The highest BCUT2D eigenvalue weighted by Crippen LogP contribution is 2.44. The van der Waals surface area contributed by atoms with Gasteiger partial charge in [-0.3, -0.25) is 15.3 Å². The number of methoxy groups -OCH3 is 1. The van der Waals surface area contributed by atoms with E-state index in [0.29, 0.717) is 45.2 Å². The molecule has 1 saturated heterocycles. The molecule has 0 bridgehead atoms. The molecule has 1 atom stereocenters. The van der Waals surface area contributed by atoms with E-state index in [-0.39, 0.29) is 16.7 Å². The molecule has 3 aromatic rings. The maximum absolute atomic E-state index is 13.4. The number of fused-ring (bicyclic) bond motifs is 3. The molecule has 0 unspecified atom stereocenters. The van der Waals surface area contributed by atoms with Crippen molar-refractivity contribution in [3.8, 4) is 21.8 Å². The van der Waals surface area contributed by atoms with E-state index >= 15 is 0 Å². The molecule has 1 aliphatic heterocycles. The molecule has 33 heavy (non-hydrogen) atoms. The number of hydrogen-bond acceptors (Lipinski definition) is 7. The Morgan fingerprint density at radius 1 is 1.30 bits per heavy atom. The summed E-state index contributed by atoms with van der Waals surface area (Å²) in [5.74, 6) is -1.30. The second-order valence-electron chi connectivity index (χ2n) is 7.86. The Labute approximate surface area is 192 Å². The zero-order valence-electron chi connectivity index (χ0n) is 17.7. The van der Waals surface area contributed by atoms with Crippen LogP contribution in [0.4, 0.5) is 10.5 Å². The summed E-state index contributed by atoms with van der Waals surface area (Å²) in [6.45, 7) is 1.25. The molecular formula is C22H21N5O5S. The molecule has 0 radical (unpaired) electrons. The molecule has 0 spiro atoms. The van der Waals surface area contributed by atoms with Crippen molar-refractivity contribution in [2.45, 2.75) is 18.9 Å². The molecular weight excluding hydrogens is 446 g/mol. The van der Waals surface area contributed by atoms with Gasteiger partial charge >= 0.3 is 12.0 Å². The lowest BCUT2D eigenvalue weighted by Crippen LogP contribution is -2.48. The van der Waals surface area contributed by atoms with Gasteiger partial charge in [0, 0.05) is 19.2 Å². The van der Waals surface area contributed by atoms with Crippen LogP contribution in [0.1, 0.15) is 38.4 Å². The highest BCUT2D eigenvalue weighted by atomic mass is 32.1. The Hall–Kier alpha value is -3.54. The summed E-state index contributed by atoms with van der Waals surface area (Å²) in [4.78, 5) is 38.1. The van der Waals surface area contributed by atoms with Crippen molar-refractivity contribution >= 4 is 34.8 Å². The smallest absolute Gasteiger partial charge is 0.345 e. The fourth-order valence-electron chi connectivity index (χ4n) is 4.38. The van der Waals surface area contributed by atoms with Gasteiger partial charge in [0.1, 0.15) is 10.6 Å². The number of hydrogen-bond donors (Lipinski definition) is 4. The van der Waals surface area contributed by atoms with Gasteiger partial charge in [-0.05, 0) is 31.0 Å². The quantitative estimate of drug-likeness (QED) is 0.342. The average Bonchev–Trinajstić information content (AvgIpc) is 3.55. The van der Waals surface area contributed by atoms with Crippen LogP contribution in [0.15, 0.2) is 30.3 Å². The van der Waals surface area contributed by atoms with E-state index in [4.69, 9.17) is 4.74 Å². The van der Waals surface area contributed by atoms with Crippen LogP contribution in [0.3, 0.4) is 0 Å². The normalized spacial score (nSPS) is 17.1. The standard InChI is InChI=1S/C22H21N5O5S/c1-32-10-11-4-3-9-27(11)26-22(31)23-13-6-2-5-12-16(13)20(28)17-18(12)24-25-19(17)14-7-8-15(33-14)21(29)30/h2,5-8,11H,3-4,9-10H2,1H3,(H,24,25)(H,29,30)(H2,23,26,31)/t11-/m1/s1. The number of aromatic amines is 1. The predicted molar refractivity (Wildman–Crippen MR) is 121 cm³/mol. The number of carbonyl (C=O) groups excluding carboxylic acids is 2. The van der Waals surface area contributed by atoms with Gasteiger partial charge < -0.3 is 15.2 Å². The van der Waals surface area contributed by atoms with Crippen LogP contribution in [0.2, 0.25) is 0 Å². The van der Waals surface area contributed by atoms with Crippen LogP contribution < -0.4 is 10.7 Å². The first-order valence-corrected chi connectivity index (χ1v) is 11.2. The Morgan fingerprint density at radius 2 is 2.15 bits per heavy atom. The number of carboxylic acids is 1. The van der Waals surface area contributed by atoms with E-state index < -0.39 is 12.0 Å².